The molecule has 0 aromatic carbocycles. The van der Waals surface area contributed by atoms with Gasteiger partial charge in [0.05, 0.1) is 18.6 Å². The predicted octanol–water partition coefficient (Wildman–Crippen LogP) is 3.23. The molecule has 0 aliphatic carbocycles. The summed E-state index contributed by atoms with van der Waals surface area (Å²) >= 11 is 5.45. The first-order valence-corrected chi connectivity index (χ1v) is 8.45. The number of hydrogen-bond acceptors (Lipinski definition) is 6. The number of esters is 1. The maximum Gasteiger partial charge on any atom is 0.349 e. The summed E-state index contributed by atoms with van der Waals surface area (Å²) in [5.41, 5.74) is 0. The Kier molecular flexibility index (Phi) is 4.76. The second-order valence-corrected chi connectivity index (χ2v) is 7.32. The van der Waals surface area contributed by atoms with Crippen LogP contribution in [0.5, 0.6) is 0 Å². The number of methoxy groups -OCH3 is 1. The van der Waals surface area contributed by atoms with Crippen LogP contribution in [0.4, 0.5) is 0 Å². The number of nitrogens with zero attached hydrogens (tertiary/aromatic N) is 1. The van der Waals surface area contributed by atoms with Crippen LogP contribution in [0.2, 0.25) is 0 Å². The highest BCUT2D eigenvalue weighted by atomic mass is 32.2. The minimum atomic E-state index is -0.282. The molecule has 1 saturated heterocycles. The van der Waals surface area contributed by atoms with Crippen LogP contribution in [0.15, 0.2) is 6.20 Å². The van der Waals surface area contributed by atoms with Gasteiger partial charge in [0.15, 0.2) is 0 Å². The van der Waals surface area contributed by atoms with Gasteiger partial charge in [-0.05, 0) is 6.42 Å². The summed E-state index contributed by atoms with van der Waals surface area (Å²) in [5, 5.41) is 2.11. The lowest BCUT2D eigenvalue weighted by Crippen LogP contribution is -2.17. The number of aromatic nitrogens is 1. The van der Waals surface area contributed by atoms with Crippen LogP contribution in [0.3, 0.4) is 0 Å². The van der Waals surface area contributed by atoms with Crippen molar-refractivity contribution in [2.45, 2.75) is 23.8 Å². The summed E-state index contributed by atoms with van der Waals surface area (Å²) in [6.45, 7) is 2.21. The Hall–Kier alpha value is -0.200. The van der Waals surface area contributed by atoms with Gasteiger partial charge >= 0.3 is 5.97 Å². The summed E-state index contributed by atoms with van der Waals surface area (Å²) < 4.78 is 4.71. The molecule has 1 aliphatic rings. The van der Waals surface area contributed by atoms with Crippen molar-refractivity contribution in [1.29, 1.82) is 0 Å². The summed E-state index contributed by atoms with van der Waals surface area (Å²) in [6, 6.07) is 0. The fourth-order valence-electron chi connectivity index (χ4n) is 1.75. The van der Waals surface area contributed by atoms with Crippen LogP contribution in [0.25, 0.3) is 0 Å². The Bertz CT molecular complexity index is 394. The molecule has 1 aromatic rings. The third kappa shape index (κ3) is 2.98. The Morgan fingerprint density at radius 2 is 2.29 bits per heavy atom. The molecule has 0 N–H and O–H groups in total. The van der Waals surface area contributed by atoms with Crippen LogP contribution in [-0.2, 0) is 4.74 Å². The number of thiazole rings is 1. The van der Waals surface area contributed by atoms with Gasteiger partial charge in [0.2, 0.25) is 0 Å². The molecule has 0 bridgehead atoms. The molecular formula is C11H15NO2S3. The van der Waals surface area contributed by atoms with E-state index in [1.54, 1.807) is 6.20 Å². The van der Waals surface area contributed by atoms with E-state index in [0.717, 1.165) is 11.4 Å². The maximum absolute atomic E-state index is 11.4. The van der Waals surface area contributed by atoms with Gasteiger partial charge in [0.1, 0.15) is 9.88 Å². The SMILES string of the molecule is CCC1SCCSC1c1ncc(C(=O)OC)s1. The molecule has 2 rings (SSSR count). The van der Waals surface area contributed by atoms with Gasteiger partial charge in [-0.15, -0.1) is 23.1 Å². The molecule has 0 radical (unpaired) electrons. The van der Waals surface area contributed by atoms with Gasteiger partial charge in [-0.3, -0.25) is 0 Å². The minimum Gasteiger partial charge on any atom is -0.465 e. The van der Waals surface area contributed by atoms with Crippen molar-refractivity contribution in [2.24, 2.45) is 0 Å². The number of hydrogen-bond donors (Lipinski definition) is 0. The average molecular weight is 289 g/mol. The first-order chi connectivity index (χ1) is 8.26. The van der Waals surface area contributed by atoms with Gasteiger partial charge < -0.3 is 4.74 Å². The number of rotatable bonds is 3. The van der Waals surface area contributed by atoms with Crippen molar-refractivity contribution in [3.63, 3.8) is 0 Å². The third-order valence-corrected chi connectivity index (χ3v) is 7.07. The molecule has 2 unspecified atom stereocenters. The lowest BCUT2D eigenvalue weighted by Gasteiger charge is -2.28. The first-order valence-electron chi connectivity index (χ1n) is 5.53. The highest BCUT2D eigenvalue weighted by Crippen LogP contribution is 2.45. The molecular weight excluding hydrogens is 274 g/mol. The molecule has 0 spiro atoms. The Balaban J connectivity index is 2.15. The fraction of sp³-hybridized carbons (Fsp3) is 0.636. The number of carbonyl (C=O) groups is 1. The molecule has 1 fully saturated rings. The van der Waals surface area contributed by atoms with Crippen molar-refractivity contribution in [3.8, 4) is 0 Å². The normalized spacial score (nSPS) is 24.6. The van der Waals surface area contributed by atoms with Crippen LogP contribution in [-0.4, -0.2) is 34.8 Å². The van der Waals surface area contributed by atoms with Gasteiger partial charge in [-0.1, -0.05) is 6.92 Å². The number of thioether (sulfide) groups is 2. The molecule has 94 valence electrons. The van der Waals surface area contributed by atoms with Crippen molar-refractivity contribution in [3.05, 3.63) is 16.1 Å². The molecule has 2 heterocycles. The molecule has 1 aromatic heterocycles. The second-order valence-electron chi connectivity index (χ2n) is 3.66. The van der Waals surface area contributed by atoms with E-state index in [1.165, 1.54) is 30.0 Å². The smallest absolute Gasteiger partial charge is 0.349 e. The van der Waals surface area contributed by atoms with Gasteiger partial charge in [-0.25, -0.2) is 9.78 Å². The molecule has 6 heteroatoms. The van der Waals surface area contributed by atoms with E-state index in [0.29, 0.717) is 15.4 Å². The summed E-state index contributed by atoms with van der Waals surface area (Å²) in [6.07, 6.45) is 2.79. The lowest BCUT2D eigenvalue weighted by molar-refractivity contribution is 0.0606. The van der Waals surface area contributed by atoms with E-state index in [2.05, 4.69) is 11.9 Å². The maximum atomic E-state index is 11.4. The molecule has 0 saturated carbocycles. The zero-order valence-corrected chi connectivity index (χ0v) is 12.3. The van der Waals surface area contributed by atoms with E-state index in [9.17, 15) is 4.79 Å². The fourth-order valence-corrected chi connectivity index (χ4v) is 6.01. The Morgan fingerprint density at radius 1 is 1.53 bits per heavy atom. The summed E-state index contributed by atoms with van der Waals surface area (Å²) in [7, 11) is 1.40. The van der Waals surface area contributed by atoms with E-state index < -0.39 is 0 Å². The zero-order valence-electron chi connectivity index (χ0n) is 9.84. The van der Waals surface area contributed by atoms with Crippen LogP contribution in [0.1, 0.15) is 33.3 Å². The van der Waals surface area contributed by atoms with Crippen molar-refractivity contribution < 1.29 is 9.53 Å². The number of carbonyl (C=O) groups excluding carboxylic acids is 1. The van der Waals surface area contributed by atoms with Gasteiger partial charge in [0, 0.05) is 16.8 Å². The van der Waals surface area contributed by atoms with Crippen LogP contribution in [0, 0.1) is 0 Å². The molecule has 2 atom stereocenters. The highest BCUT2D eigenvalue weighted by Gasteiger charge is 2.29. The molecule has 3 nitrogen and oxygen atoms in total. The predicted molar refractivity (Wildman–Crippen MR) is 75.2 cm³/mol. The Morgan fingerprint density at radius 3 is 3.00 bits per heavy atom. The monoisotopic (exact) mass is 289 g/mol. The van der Waals surface area contributed by atoms with E-state index >= 15 is 0 Å². The van der Waals surface area contributed by atoms with Crippen molar-refractivity contribution >= 4 is 40.8 Å². The van der Waals surface area contributed by atoms with Gasteiger partial charge in [0.25, 0.3) is 0 Å². The minimum absolute atomic E-state index is 0.282. The van der Waals surface area contributed by atoms with E-state index in [1.807, 2.05) is 23.5 Å². The third-order valence-electron chi connectivity index (χ3n) is 2.61. The topological polar surface area (TPSA) is 39.2 Å². The van der Waals surface area contributed by atoms with Crippen molar-refractivity contribution in [2.75, 3.05) is 18.6 Å². The Labute approximate surface area is 114 Å². The highest BCUT2D eigenvalue weighted by molar-refractivity contribution is 8.06. The van der Waals surface area contributed by atoms with Crippen molar-refractivity contribution in [1.82, 2.24) is 4.98 Å². The standard InChI is InChI=1S/C11H15NO2S3/c1-3-7-9(16-5-4-15-7)10-12-6-8(17-10)11(13)14-2/h6-7,9H,3-5H2,1-2H3. The van der Waals surface area contributed by atoms with Gasteiger partial charge in [-0.2, -0.15) is 11.8 Å². The molecule has 1 aliphatic heterocycles. The van der Waals surface area contributed by atoms with Crippen LogP contribution < -0.4 is 0 Å². The van der Waals surface area contributed by atoms with E-state index in [-0.39, 0.29) is 5.97 Å². The van der Waals surface area contributed by atoms with E-state index in [4.69, 9.17) is 4.74 Å². The number of ether oxygens (including phenoxy) is 1. The van der Waals surface area contributed by atoms with Crippen LogP contribution >= 0.6 is 34.9 Å². The second kappa shape index (κ2) is 6.11. The largest absolute Gasteiger partial charge is 0.465 e. The quantitative estimate of drug-likeness (QED) is 0.799. The zero-order chi connectivity index (χ0) is 12.3. The average Bonchev–Trinajstić information content (AvgIpc) is 2.87. The lowest BCUT2D eigenvalue weighted by atomic mass is 10.2. The summed E-state index contributed by atoms with van der Waals surface area (Å²) in [4.78, 5) is 16.4. The molecule has 0 amide bonds. The first kappa shape index (κ1) is 13.2. The summed E-state index contributed by atoms with van der Waals surface area (Å²) in [5.74, 6) is 2.10. The molecule has 17 heavy (non-hydrogen) atoms.